The highest BCUT2D eigenvalue weighted by atomic mass is 19.1. The predicted octanol–water partition coefficient (Wildman–Crippen LogP) is 1.68. The summed E-state index contributed by atoms with van der Waals surface area (Å²) in [6.07, 6.45) is 1.30. The summed E-state index contributed by atoms with van der Waals surface area (Å²) in [5, 5.41) is 0. The van der Waals surface area contributed by atoms with Crippen LogP contribution in [0.2, 0.25) is 0 Å². The zero-order valence-corrected chi connectivity index (χ0v) is 6.43. The minimum atomic E-state index is -0.413. The third-order valence-electron chi connectivity index (χ3n) is 1.43. The van der Waals surface area contributed by atoms with E-state index in [2.05, 4.69) is 4.98 Å². The Morgan fingerprint density at radius 3 is 2.40 bits per heavy atom. The minimum absolute atomic E-state index is 0.302. The lowest BCUT2D eigenvalue weighted by molar-refractivity contribution is 0.499. The summed E-state index contributed by atoms with van der Waals surface area (Å²) in [5.74, 6) is 0.302. The normalized spacial score (nSPS) is 10.9. The second-order valence-corrected chi connectivity index (χ2v) is 2.70. The second-order valence-electron chi connectivity index (χ2n) is 2.70. The van der Waals surface area contributed by atoms with Crippen LogP contribution in [0, 0.1) is 6.08 Å². The molecule has 0 unspecified atom stereocenters. The van der Waals surface area contributed by atoms with Gasteiger partial charge in [-0.2, -0.15) is 4.39 Å². The molecule has 1 aromatic rings. The van der Waals surface area contributed by atoms with Gasteiger partial charge in [-0.25, -0.2) is 4.98 Å². The quantitative estimate of drug-likeness (QED) is 0.583. The Balaban J connectivity index is 2.98. The lowest BCUT2D eigenvalue weighted by atomic mass is 10.2. The van der Waals surface area contributed by atoms with E-state index in [9.17, 15) is 4.39 Å². The SMILES string of the molecule is CC(C)c1cn(C)c(F)n1. The van der Waals surface area contributed by atoms with E-state index < -0.39 is 6.08 Å². The fourth-order valence-corrected chi connectivity index (χ4v) is 0.744. The largest absolute Gasteiger partial charge is 0.310 e. The molecule has 0 aliphatic carbocycles. The van der Waals surface area contributed by atoms with Crippen LogP contribution in [0.1, 0.15) is 25.5 Å². The standard InChI is InChI=1S/C7H11FN2/c1-5(2)6-4-10(3)7(8)9-6/h4-5H,1-3H3. The van der Waals surface area contributed by atoms with Crippen LogP contribution in [0.5, 0.6) is 0 Å². The van der Waals surface area contributed by atoms with E-state index in [1.807, 2.05) is 13.8 Å². The van der Waals surface area contributed by atoms with Crippen molar-refractivity contribution in [2.75, 3.05) is 0 Å². The van der Waals surface area contributed by atoms with Crippen LogP contribution in [-0.2, 0) is 7.05 Å². The summed E-state index contributed by atoms with van der Waals surface area (Å²) < 4.78 is 13.9. The van der Waals surface area contributed by atoms with Crippen LogP contribution in [0.15, 0.2) is 6.20 Å². The van der Waals surface area contributed by atoms with Crippen molar-refractivity contribution in [3.63, 3.8) is 0 Å². The molecule has 0 aliphatic heterocycles. The van der Waals surface area contributed by atoms with Crippen LogP contribution in [0.4, 0.5) is 4.39 Å². The number of aromatic nitrogens is 2. The second kappa shape index (κ2) is 2.40. The first kappa shape index (κ1) is 7.25. The van der Waals surface area contributed by atoms with Crippen molar-refractivity contribution in [3.05, 3.63) is 18.0 Å². The molecule has 3 heteroatoms. The molecule has 1 heterocycles. The molecular formula is C7H11FN2. The van der Waals surface area contributed by atoms with Gasteiger partial charge in [0.2, 0.25) is 0 Å². The van der Waals surface area contributed by atoms with E-state index in [1.165, 1.54) is 4.57 Å². The summed E-state index contributed by atoms with van der Waals surface area (Å²) in [5.41, 5.74) is 0.806. The number of halogens is 1. The average molecular weight is 142 g/mol. The Morgan fingerprint density at radius 2 is 2.20 bits per heavy atom. The van der Waals surface area contributed by atoms with Crippen molar-refractivity contribution in [1.82, 2.24) is 9.55 Å². The van der Waals surface area contributed by atoms with Crippen LogP contribution in [0.25, 0.3) is 0 Å². The number of aryl methyl sites for hydroxylation is 1. The lowest BCUT2D eigenvalue weighted by Gasteiger charge is -1.94. The molecule has 0 radical (unpaired) electrons. The monoisotopic (exact) mass is 142 g/mol. The number of nitrogens with zero attached hydrogens (tertiary/aromatic N) is 2. The van der Waals surface area contributed by atoms with Crippen molar-refractivity contribution in [2.24, 2.45) is 7.05 Å². The van der Waals surface area contributed by atoms with Gasteiger partial charge in [-0.3, -0.25) is 0 Å². The first-order valence-corrected chi connectivity index (χ1v) is 3.30. The van der Waals surface area contributed by atoms with Gasteiger partial charge >= 0.3 is 0 Å². The topological polar surface area (TPSA) is 17.8 Å². The maximum Gasteiger partial charge on any atom is 0.289 e. The van der Waals surface area contributed by atoms with Gasteiger partial charge in [0.15, 0.2) is 0 Å². The van der Waals surface area contributed by atoms with Gasteiger partial charge in [-0.1, -0.05) is 13.8 Å². The van der Waals surface area contributed by atoms with Gasteiger partial charge in [0.25, 0.3) is 6.08 Å². The van der Waals surface area contributed by atoms with Crippen molar-refractivity contribution >= 4 is 0 Å². The molecule has 56 valence electrons. The van der Waals surface area contributed by atoms with Gasteiger partial charge in [-0.15, -0.1) is 0 Å². The number of hydrogen-bond acceptors (Lipinski definition) is 1. The first-order valence-electron chi connectivity index (χ1n) is 3.30. The average Bonchev–Trinajstić information content (AvgIpc) is 2.13. The Hall–Kier alpha value is -0.860. The first-order chi connectivity index (χ1) is 4.61. The van der Waals surface area contributed by atoms with Gasteiger partial charge < -0.3 is 4.57 Å². The van der Waals surface area contributed by atoms with E-state index in [4.69, 9.17) is 0 Å². The zero-order chi connectivity index (χ0) is 7.72. The van der Waals surface area contributed by atoms with Gasteiger partial charge in [-0.05, 0) is 5.92 Å². The Morgan fingerprint density at radius 1 is 1.60 bits per heavy atom. The number of imidazole rings is 1. The van der Waals surface area contributed by atoms with E-state index in [0.717, 1.165) is 5.69 Å². The molecular weight excluding hydrogens is 131 g/mol. The fraction of sp³-hybridized carbons (Fsp3) is 0.571. The van der Waals surface area contributed by atoms with Crippen LogP contribution in [0.3, 0.4) is 0 Å². The Bertz CT molecular complexity index is 208. The molecule has 0 spiro atoms. The third kappa shape index (κ3) is 1.17. The van der Waals surface area contributed by atoms with Crippen molar-refractivity contribution < 1.29 is 4.39 Å². The summed E-state index contributed by atoms with van der Waals surface area (Å²) >= 11 is 0. The minimum Gasteiger partial charge on any atom is -0.310 e. The third-order valence-corrected chi connectivity index (χ3v) is 1.43. The molecule has 0 N–H and O–H groups in total. The maximum absolute atomic E-state index is 12.6. The van der Waals surface area contributed by atoms with Crippen LogP contribution in [-0.4, -0.2) is 9.55 Å². The molecule has 0 aliphatic rings. The summed E-state index contributed by atoms with van der Waals surface area (Å²) in [4.78, 5) is 3.71. The summed E-state index contributed by atoms with van der Waals surface area (Å²) in [6.45, 7) is 3.98. The van der Waals surface area contributed by atoms with Gasteiger partial charge in [0.05, 0.1) is 5.69 Å². The molecule has 2 nitrogen and oxygen atoms in total. The summed E-state index contributed by atoms with van der Waals surface area (Å²) in [6, 6.07) is 0. The lowest BCUT2D eigenvalue weighted by Crippen LogP contribution is -1.88. The van der Waals surface area contributed by atoms with E-state index >= 15 is 0 Å². The van der Waals surface area contributed by atoms with Crippen molar-refractivity contribution in [1.29, 1.82) is 0 Å². The molecule has 0 atom stereocenters. The van der Waals surface area contributed by atoms with Crippen molar-refractivity contribution in [3.8, 4) is 0 Å². The molecule has 0 amide bonds. The van der Waals surface area contributed by atoms with E-state index in [-0.39, 0.29) is 0 Å². The highest BCUT2D eigenvalue weighted by Crippen LogP contribution is 2.11. The Kier molecular flexibility index (Phi) is 1.74. The highest BCUT2D eigenvalue weighted by Gasteiger charge is 2.05. The van der Waals surface area contributed by atoms with Gasteiger partial charge in [0.1, 0.15) is 0 Å². The molecule has 0 bridgehead atoms. The predicted molar refractivity (Wildman–Crippen MR) is 37.3 cm³/mol. The maximum atomic E-state index is 12.6. The smallest absolute Gasteiger partial charge is 0.289 e. The van der Waals surface area contributed by atoms with E-state index in [0.29, 0.717) is 5.92 Å². The van der Waals surface area contributed by atoms with Gasteiger partial charge in [0, 0.05) is 13.2 Å². The van der Waals surface area contributed by atoms with Crippen LogP contribution < -0.4 is 0 Å². The Labute approximate surface area is 59.7 Å². The molecule has 1 rings (SSSR count). The van der Waals surface area contributed by atoms with Crippen molar-refractivity contribution in [2.45, 2.75) is 19.8 Å². The molecule has 0 fully saturated rings. The summed E-state index contributed by atoms with van der Waals surface area (Å²) in [7, 11) is 1.65. The molecule has 10 heavy (non-hydrogen) atoms. The molecule has 0 saturated carbocycles. The molecule has 0 saturated heterocycles. The number of hydrogen-bond donors (Lipinski definition) is 0. The zero-order valence-electron chi connectivity index (χ0n) is 6.43. The number of rotatable bonds is 1. The molecule has 1 aromatic heterocycles. The molecule has 0 aromatic carbocycles. The van der Waals surface area contributed by atoms with E-state index in [1.54, 1.807) is 13.2 Å². The van der Waals surface area contributed by atoms with Crippen LogP contribution >= 0.6 is 0 Å². The highest BCUT2D eigenvalue weighted by molar-refractivity contribution is 5.02. The fourth-order valence-electron chi connectivity index (χ4n) is 0.744.